The van der Waals surface area contributed by atoms with Gasteiger partial charge < -0.3 is 9.84 Å². The molecule has 6 heteroatoms. The monoisotopic (exact) mass is 257 g/mol. The fourth-order valence-corrected chi connectivity index (χ4v) is 1.80. The molecule has 0 bridgehead atoms. The Kier molecular flexibility index (Phi) is 3.65. The Morgan fingerprint density at radius 1 is 1.29 bits per heavy atom. The molecular formula is C11H9F2NO2S. The Morgan fingerprint density at radius 2 is 2.00 bits per heavy atom. The lowest BCUT2D eigenvalue weighted by molar-refractivity contribution is 0.268. The Bertz CT molecular complexity index is 479. The highest BCUT2D eigenvalue weighted by atomic mass is 32.1. The number of nitrogens with zero attached hydrogens (tertiary/aromatic N) is 1. The second-order valence-corrected chi connectivity index (χ2v) is 4.27. The van der Waals surface area contributed by atoms with Crippen LogP contribution in [-0.2, 0) is 13.2 Å². The fourth-order valence-electron chi connectivity index (χ4n) is 1.30. The minimum atomic E-state index is -0.821. The number of thiazole rings is 1. The van der Waals surface area contributed by atoms with Gasteiger partial charge in [0.1, 0.15) is 6.61 Å². The predicted octanol–water partition coefficient (Wildman–Crippen LogP) is 2.49. The van der Waals surface area contributed by atoms with Crippen molar-refractivity contribution >= 4 is 11.3 Å². The van der Waals surface area contributed by atoms with Crippen molar-refractivity contribution in [2.24, 2.45) is 0 Å². The first-order chi connectivity index (χ1) is 8.20. The van der Waals surface area contributed by atoms with Crippen LogP contribution in [0.1, 0.15) is 10.4 Å². The standard InChI is InChI=1S/C11H9F2NO2S/c12-9-1-7(4-15)2-10(13)11(9)16-5-8-3-14-6-17-8/h1-3,6,15H,4-5H2. The molecule has 0 fully saturated rings. The van der Waals surface area contributed by atoms with Crippen LogP contribution in [0.2, 0.25) is 0 Å². The van der Waals surface area contributed by atoms with E-state index in [9.17, 15) is 8.78 Å². The molecule has 0 aliphatic rings. The van der Waals surface area contributed by atoms with Crippen molar-refractivity contribution < 1.29 is 18.6 Å². The normalized spacial score (nSPS) is 10.5. The maximum Gasteiger partial charge on any atom is 0.191 e. The van der Waals surface area contributed by atoms with E-state index < -0.39 is 24.0 Å². The number of hydrogen-bond donors (Lipinski definition) is 1. The van der Waals surface area contributed by atoms with Gasteiger partial charge in [-0.1, -0.05) is 0 Å². The molecule has 17 heavy (non-hydrogen) atoms. The zero-order valence-electron chi connectivity index (χ0n) is 8.69. The average molecular weight is 257 g/mol. The van der Waals surface area contributed by atoms with Crippen LogP contribution in [0.15, 0.2) is 23.8 Å². The lowest BCUT2D eigenvalue weighted by atomic mass is 10.2. The molecule has 2 rings (SSSR count). The number of hydrogen-bond acceptors (Lipinski definition) is 4. The molecule has 0 unspecified atom stereocenters. The molecule has 2 aromatic rings. The highest BCUT2D eigenvalue weighted by Gasteiger charge is 2.12. The summed E-state index contributed by atoms with van der Waals surface area (Å²) in [5.74, 6) is -2.08. The van der Waals surface area contributed by atoms with Gasteiger partial charge in [-0.15, -0.1) is 11.3 Å². The van der Waals surface area contributed by atoms with E-state index in [1.165, 1.54) is 11.3 Å². The Labute approximate surface area is 100 Å². The molecule has 0 atom stereocenters. The van der Waals surface area contributed by atoms with Gasteiger partial charge in [0, 0.05) is 6.20 Å². The zero-order valence-corrected chi connectivity index (χ0v) is 9.51. The van der Waals surface area contributed by atoms with Gasteiger partial charge >= 0.3 is 0 Å². The molecule has 0 spiro atoms. The number of ether oxygens (including phenoxy) is 1. The Balaban J connectivity index is 2.15. The van der Waals surface area contributed by atoms with Crippen molar-refractivity contribution in [3.05, 3.63) is 45.9 Å². The van der Waals surface area contributed by atoms with Crippen LogP contribution >= 0.6 is 11.3 Å². The van der Waals surface area contributed by atoms with Crippen LogP contribution in [0.5, 0.6) is 5.75 Å². The van der Waals surface area contributed by atoms with E-state index in [-0.39, 0.29) is 12.2 Å². The number of halogens is 2. The number of aliphatic hydroxyl groups is 1. The predicted molar refractivity (Wildman–Crippen MR) is 58.7 cm³/mol. The topological polar surface area (TPSA) is 42.4 Å². The lowest BCUT2D eigenvalue weighted by Crippen LogP contribution is -2.00. The minimum absolute atomic E-state index is 0.0664. The van der Waals surface area contributed by atoms with Crippen LogP contribution in [0.25, 0.3) is 0 Å². The maximum atomic E-state index is 13.4. The van der Waals surface area contributed by atoms with Gasteiger partial charge in [-0.3, -0.25) is 4.98 Å². The van der Waals surface area contributed by atoms with Gasteiger partial charge in [0.25, 0.3) is 0 Å². The molecule has 1 aromatic carbocycles. The molecule has 1 aromatic heterocycles. The summed E-state index contributed by atoms with van der Waals surface area (Å²) in [5.41, 5.74) is 1.78. The third kappa shape index (κ3) is 2.78. The van der Waals surface area contributed by atoms with Gasteiger partial charge in [0.15, 0.2) is 17.4 Å². The van der Waals surface area contributed by atoms with Crippen LogP contribution in [0.3, 0.4) is 0 Å². The summed E-state index contributed by atoms with van der Waals surface area (Å²) in [4.78, 5) is 4.60. The van der Waals surface area contributed by atoms with Crippen molar-refractivity contribution in [1.29, 1.82) is 0 Å². The van der Waals surface area contributed by atoms with Gasteiger partial charge in [0.2, 0.25) is 0 Å². The molecule has 0 aliphatic carbocycles. The molecule has 0 aliphatic heterocycles. The minimum Gasteiger partial charge on any atom is -0.482 e. The lowest BCUT2D eigenvalue weighted by Gasteiger charge is -2.08. The van der Waals surface area contributed by atoms with Crippen LogP contribution in [0, 0.1) is 11.6 Å². The van der Waals surface area contributed by atoms with E-state index in [0.717, 1.165) is 17.0 Å². The Hall–Kier alpha value is -1.53. The molecule has 0 saturated carbocycles. The van der Waals surface area contributed by atoms with Crippen molar-refractivity contribution in [3.8, 4) is 5.75 Å². The number of aromatic nitrogens is 1. The van der Waals surface area contributed by atoms with Crippen molar-refractivity contribution in [1.82, 2.24) is 4.98 Å². The summed E-state index contributed by atoms with van der Waals surface area (Å²) in [6.07, 6.45) is 1.57. The average Bonchev–Trinajstić information content (AvgIpc) is 2.80. The summed E-state index contributed by atoms with van der Waals surface area (Å²) in [6.45, 7) is -0.347. The molecule has 3 nitrogen and oxygen atoms in total. The van der Waals surface area contributed by atoms with Gasteiger partial charge in [0.05, 0.1) is 17.0 Å². The summed E-state index contributed by atoms with van der Waals surface area (Å²) in [5, 5.41) is 8.78. The summed E-state index contributed by atoms with van der Waals surface area (Å²) in [6, 6.07) is 2.09. The van der Waals surface area contributed by atoms with E-state index >= 15 is 0 Å². The second kappa shape index (κ2) is 5.20. The van der Waals surface area contributed by atoms with Crippen molar-refractivity contribution in [3.63, 3.8) is 0 Å². The van der Waals surface area contributed by atoms with E-state index in [1.54, 1.807) is 11.7 Å². The quantitative estimate of drug-likeness (QED) is 0.915. The summed E-state index contributed by atoms with van der Waals surface area (Å²) >= 11 is 1.34. The van der Waals surface area contributed by atoms with Gasteiger partial charge in [-0.05, 0) is 17.7 Å². The highest BCUT2D eigenvalue weighted by molar-refractivity contribution is 7.09. The third-order valence-electron chi connectivity index (χ3n) is 2.08. The first kappa shape index (κ1) is 11.9. The molecule has 0 saturated heterocycles. The van der Waals surface area contributed by atoms with Crippen molar-refractivity contribution in [2.75, 3.05) is 0 Å². The smallest absolute Gasteiger partial charge is 0.191 e. The van der Waals surface area contributed by atoms with E-state index in [2.05, 4.69) is 4.98 Å². The first-order valence-corrected chi connectivity index (χ1v) is 5.67. The highest BCUT2D eigenvalue weighted by Crippen LogP contribution is 2.24. The SMILES string of the molecule is OCc1cc(F)c(OCc2cncs2)c(F)c1. The van der Waals surface area contributed by atoms with Crippen molar-refractivity contribution in [2.45, 2.75) is 13.2 Å². The number of rotatable bonds is 4. The summed E-state index contributed by atoms with van der Waals surface area (Å²) in [7, 11) is 0. The summed E-state index contributed by atoms with van der Waals surface area (Å²) < 4.78 is 31.9. The van der Waals surface area contributed by atoms with E-state index in [4.69, 9.17) is 9.84 Å². The van der Waals surface area contributed by atoms with Crippen LogP contribution in [-0.4, -0.2) is 10.1 Å². The van der Waals surface area contributed by atoms with Gasteiger partial charge in [-0.25, -0.2) is 8.78 Å². The van der Waals surface area contributed by atoms with Gasteiger partial charge in [-0.2, -0.15) is 0 Å². The molecule has 0 radical (unpaired) electrons. The molecule has 1 N–H and O–H groups in total. The fraction of sp³-hybridized carbons (Fsp3) is 0.182. The number of benzene rings is 1. The molecule has 90 valence electrons. The van der Waals surface area contributed by atoms with E-state index in [0.29, 0.717) is 0 Å². The first-order valence-electron chi connectivity index (χ1n) is 4.79. The van der Waals surface area contributed by atoms with Crippen LogP contribution < -0.4 is 4.74 Å². The third-order valence-corrected chi connectivity index (χ3v) is 2.84. The molecular weight excluding hydrogens is 248 g/mol. The largest absolute Gasteiger partial charge is 0.482 e. The zero-order chi connectivity index (χ0) is 12.3. The second-order valence-electron chi connectivity index (χ2n) is 3.30. The maximum absolute atomic E-state index is 13.4. The molecule has 1 heterocycles. The molecule has 0 amide bonds. The Morgan fingerprint density at radius 3 is 2.53 bits per heavy atom. The van der Waals surface area contributed by atoms with Crippen LogP contribution in [0.4, 0.5) is 8.78 Å². The van der Waals surface area contributed by atoms with E-state index in [1.807, 2.05) is 0 Å². The number of aliphatic hydroxyl groups excluding tert-OH is 1.